The van der Waals surface area contributed by atoms with E-state index in [-0.39, 0.29) is 0 Å². The number of nitrogens with zero attached hydrogens (tertiary/aromatic N) is 2. The number of hydrogen-bond acceptors (Lipinski definition) is 2. The molecular weight excluding hydrogens is 269 g/mol. The van der Waals surface area contributed by atoms with Crippen molar-refractivity contribution in [2.75, 3.05) is 5.73 Å². The molecule has 90 valence electrons. The van der Waals surface area contributed by atoms with Crippen molar-refractivity contribution in [2.45, 2.75) is 0 Å². The summed E-state index contributed by atoms with van der Waals surface area (Å²) in [5.41, 5.74) is 8.36. The van der Waals surface area contributed by atoms with Gasteiger partial charge in [-0.25, -0.2) is 4.98 Å². The number of rotatable bonds is 1. The van der Waals surface area contributed by atoms with Crippen LogP contribution in [0.25, 0.3) is 16.9 Å². The second kappa shape index (κ2) is 4.19. The van der Waals surface area contributed by atoms with Crippen molar-refractivity contribution >= 4 is 34.7 Å². The number of imidazole rings is 1. The van der Waals surface area contributed by atoms with E-state index < -0.39 is 0 Å². The fourth-order valence-electron chi connectivity index (χ4n) is 1.87. The molecule has 0 aliphatic heterocycles. The van der Waals surface area contributed by atoms with Crippen LogP contribution in [0.15, 0.2) is 42.6 Å². The SMILES string of the molecule is Nc1c(-c2ccc(Cl)cc2)nc2c(Cl)cccn12. The molecule has 0 unspecified atom stereocenters. The number of halogens is 2. The van der Waals surface area contributed by atoms with Gasteiger partial charge in [-0.2, -0.15) is 0 Å². The molecule has 0 spiro atoms. The minimum atomic E-state index is 0.565. The molecule has 3 rings (SSSR count). The Labute approximate surface area is 114 Å². The summed E-state index contributed by atoms with van der Waals surface area (Å²) in [4.78, 5) is 4.47. The van der Waals surface area contributed by atoms with Gasteiger partial charge in [0.2, 0.25) is 0 Å². The summed E-state index contributed by atoms with van der Waals surface area (Å²) in [5, 5.41) is 1.25. The van der Waals surface area contributed by atoms with Crippen molar-refractivity contribution in [3.63, 3.8) is 0 Å². The monoisotopic (exact) mass is 277 g/mol. The molecule has 0 saturated heterocycles. The lowest BCUT2D eigenvalue weighted by molar-refractivity contribution is 1.20. The van der Waals surface area contributed by atoms with Crippen molar-refractivity contribution in [2.24, 2.45) is 0 Å². The zero-order valence-corrected chi connectivity index (χ0v) is 10.8. The third kappa shape index (κ3) is 1.72. The molecule has 0 fully saturated rings. The number of pyridine rings is 1. The van der Waals surface area contributed by atoms with Crippen LogP contribution >= 0.6 is 23.2 Å². The molecule has 2 N–H and O–H groups in total. The van der Waals surface area contributed by atoms with Crippen molar-refractivity contribution in [1.82, 2.24) is 9.38 Å². The van der Waals surface area contributed by atoms with Crippen LogP contribution in [0.5, 0.6) is 0 Å². The first-order valence-electron chi connectivity index (χ1n) is 5.35. The van der Waals surface area contributed by atoms with E-state index in [1.54, 1.807) is 10.5 Å². The van der Waals surface area contributed by atoms with Gasteiger partial charge in [-0.3, -0.25) is 4.40 Å². The van der Waals surface area contributed by atoms with Crippen LogP contribution < -0.4 is 5.73 Å². The summed E-state index contributed by atoms with van der Waals surface area (Å²) in [5.74, 6) is 0.565. The van der Waals surface area contributed by atoms with E-state index in [4.69, 9.17) is 28.9 Å². The Morgan fingerprint density at radius 1 is 1.06 bits per heavy atom. The van der Waals surface area contributed by atoms with E-state index in [1.165, 1.54) is 0 Å². The summed E-state index contributed by atoms with van der Waals surface area (Å²) in [7, 11) is 0. The van der Waals surface area contributed by atoms with Gasteiger partial charge in [-0.05, 0) is 24.3 Å². The van der Waals surface area contributed by atoms with E-state index in [1.807, 2.05) is 36.5 Å². The highest BCUT2D eigenvalue weighted by Crippen LogP contribution is 2.29. The Kier molecular flexibility index (Phi) is 2.65. The third-order valence-electron chi connectivity index (χ3n) is 2.76. The van der Waals surface area contributed by atoms with E-state index >= 15 is 0 Å². The highest BCUT2D eigenvalue weighted by molar-refractivity contribution is 6.33. The maximum absolute atomic E-state index is 6.10. The normalized spacial score (nSPS) is 11.0. The second-order valence-corrected chi connectivity index (χ2v) is 4.75. The van der Waals surface area contributed by atoms with Crippen LogP contribution in [0, 0.1) is 0 Å². The van der Waals surface area contributed by atoms with Crippen molar-refractivity contribution < 1.29 is 0 Å². The van der Waals surface area contributed by atoms with Gasteiger partial charge in [0, 0.05) is 16.8 Å². The Hall–Kier alpha value is -1.71. The van der Waals surface area contributed by atoms with Crippen molar-refractivity contribution in [3.8, 4) is 11.3 Å². The molecule has 1 aromatic carbocycles. The second-order valence-electron chi connectivity index (χ2n) is 3.90. The molecule has 3 aromatic rings. The first kappa shape index (κ1) is 11.4. The average Bonchev–Trinajstić information content (AvgIpc) is 2.70. The van der Waals surface area contributed by atoms with Crippen LogP contribution in [0.4, 0.5) is 5.82 Å². The first-order chi connectivity index (χ1) is 8.66. The molecule has 3 nitrogen and oxygen atoms in total. The van der Waals surface area contributed by atoms with Gasteiger partial charge in [0.15, 0.2) is 5.65 Å². The van der Waals surface area contributed by atoms with E-state index in [0.717, 1.165) is 5.56 Å². The minimum Gasteiger partial charge on any atom is -0.383 e. The van der Waals surface area contributed by atoms with Crippen LogP contribution in [-0.4, -0.2) is 9.38 Å². The number of anilines is 1. The van der Waals surface area contributed by atoms with Gasteiger partial charge < -0.3 is 5.73 Å². The average molecular weight is 278 g/mol. The molecule has 2 aromatic heterocycles. The summed E-state index contributed by atoms with van der Waals surface area (Å²) in [6.45, 7) is 0. The molecule has 0 saturated carbocycles. The predicted octanol–water partition coefficient (Wildman–Crippen LogP) is 3.89. The molecule has 0 amide bonds. The van der Waals surface area contributed by atoms with Gasteiger partial charge >= 0.3 is 0 Å². The van der Waals surface area contributed by atoms with Crippen molar-refractivity contribution in [3.05, 3.63) is 52.6 Å². The highest BCUT2D eigenvalue weighted by atomic mass is 35.5. The van der Waals surface area contributed by atoms with Gasteiger partial charge in [0.05, 0.1) is 5.02 Å². The molecule has 0 aliphatic rings. The Morgan fingerprint density at radius 2 is 1.78 bits per heavy atom. The largest absolute Gasteiger partial charge is 0.383 e. The Morgan fingerprint density at radius 3 is 2.44 bits per heavy atom. The molecule has 18 heavy (non-hydrogen) atoms. The van der Waals surface area contributed by atoms with E-state index in [2.05, 4.69) is 4.98 Å². The maximum Gasteiger partial charge on any atom is 0.157 e. The Bertz CT molecular complexity index is 717. The van der Waals surface area contributed by atoms with Crippen molar-refractivity contribution in [1.29, 1.82) is 0 Å². The number of fused-ring (bicyclic) bond motifs is 1. The van der Waals surface area contributed by atoms with Gasteiger partial charge in [-0.1, -0.05) is 35.3 Å². The number of nitrogens with two attached hydrogens (primary N) is 1. The quantitative estimate of drug-likeness (QED) is 0.733. The van der Waals surface area contributed by atoms with Crippen LogP contribution in [0.1, 0.15) is 0 Å². The zero-order valence-electron chi connectivity index (χ0n) is 9.27. The molecule has 0 radical (unpaired) electrons. The molecule has 5 heteroatoms. The van der Waals surface area contributed by atoms with Gasteiger partial charge in [-0.15, -0.1) is 0 Å². The fourth-order valence-corrected chi connectivity index (χ4v) is 2.20. The predicted molar refractivity (Wildman–Crippen MR) is 75.1 cm³/mol. The van der Waals surface area contributed by atoms with Gasteiger partial charge in [0.1, 0.15) is 11.5 Å². The molecular formula is C13H9Cl2N3. The third-order valence-corrected chi connectivity index (χ3v) is 3.30. The molecule has 2 heterocycles. The highest BCUT2D eigenvalue weighted by Gasteiger charge is 2.12. The standard InChI is InChI=1S/C13H9Cl2N3/c14-9-5-3-8(4-6-9)11-12(16)18-7-1-2-10(15)13(18)17-11/h1-7H,16H2. The topological polar surface area (TPSA) is 43.3 Å². The lowest BCUT2D eigenvalue weighted by Crippen LogP contribution is -1.93. The zero-order chi connectivity index (χ0) is 12.7. The lowest BCUT2D eigenvalue weighted by atomic mass is 10.1. The summed E-state index contributed by atoms with van der Waals surface area (Å²) < 4.78 is 1.77. The smallest absolute Gasteiger partial charge is 0.157 e. The minimum absolute atomic E-state index is 0.565. The van der Waals surface area contributed by atoms with Crippen LogP contribution in [0.3, 0.4) is 0 Å². The fraction of sp³-hybridized carbons (Fsp3) is 0. The summed E-state index contributed by atoms with van der Waals surface area (Å²) in [6, 6.07) is 11.0. The number of benzene rings is 1. The Balaban J connectivity index is 2.27. The van der Waals surface area contributed by atoms with E-state index in [0.29, 0.717) is 27.2 Å². The number of nitrogen functional groups attached to an aromatic ring is 1. The number of aromatic nitrogens is 2. The van der Waals surface area contributed by atoms with Crippen LogP contribution in [0.2, 0.25) is 10.0 Å². The lowest BCUT2D eigenvalue weighted by Gasteiger charge is -1.99. The summed E-state index contributed by atoms with van der Waals surface area (Å²) >= 11 is 12.0. The molecule has 0 bridgehead atoms. The summed E-state index contributed by atoms with van der Waals surface area (Å²) in [6.07, 6.45) is 1.84. The van der Waals surface area contributed by atoms with Gasteiger partial charge in [0.25, 0.3) is 0 Å². The maximum atomic E-state index is 6.10. The molecule has 0 atom stereocenters. The molecule has 0 aliphatic carbocycles. The van der Waals surface area contributed by atoms with Crippen LogP contribution in [-0.2, 0) is 0 Å². The first-order valence-corrected chi connectivity index (χ1v) is 6.10. The number of hydrogen-bond donors (Lipinski definition) is 1. The van der Waals surface area contributed by atoms with E-state index in [9.17, 15) is 0 Å².